The first-order valence-electron chi connectivity index (χ1n) is 5.04. The number of hydrogen-bond acceptors (Lipinski definition) is 3. The van der Waals surface area contributed by atoms with E-state index in [2.05, 4.69) is 4.98 Å². The molecule has 0 saturated carbocycles. The van der Waals surface area contributed by atoms with Crippen molar-refractivity contribution in [1.82, 2.24) is 4.98 Å². The summed E-state index contributed by atoms with van der Waals surface area (Å²) < 4.78 is 0. The van der Waals surface area contributed by atoms with Gasteiger partial charge in [0, 0.05) is 22.3 Å². The van der Waals surface area contributed by atoms with Gasteiger partial charge in [-0.2, -0.15) is 0 Å². The number of aromatic nitrogens is 1. The predicted molar refractivity (Wildman–Crippen MR) is 76.1 cm³/mol. The number of aromatic carboxylic acids is 1. The number of nitrogens with two attached hydrogens (primary N) is 1. The van der Waals surface area contributed by atoms with Crippen LogP contribution >= 0.6 is 34.8 Å². The Morgan fingerprint density at radius 1 is 1.16 bits per heavy atom. The first-order chi connectivity index (χ1) is 8.90. The summed E-state index contributed by atoms with van der Waals surface area (Å²) in [6, 6.07) is 4.21. The molecule has 1 heterocycles. The fourth-order valence-corrected chi connectivity index (χ4v) is 2.67. The van der Waals surface area contributed by atoms with Crippen molar-refractivity contribution in [3.05, 3.63) is 45.0 Å². The number of carboxylic acid groups (broad SMARTS) is 1. The Bertz CT molecular complexity index is 651. The van der Waals surface area contributed by atoms with Crippen molar-refractivity contribution in [3.63, 3.8) is 0 Å². The number of nitrogen functional groups attached to an aromatic ring is 1. The molecule has 0 spiro atoms. The third-order valence-electron chi connectivity index (χ3n) is 2.43. The van der Waals surface area contributed by atoms with Crippen LogP contribution in [-0.4, -0.2) is 16.1 Å². The van der Waals surface area contributed by atoms with Crippen molar-refractivity contribution in [2.75, 3.05) is 5.73 Å². The molecule has 0 atom stereocenters. The number of carboxylic acids is 1. The maximum Gasteiger partial charge on any atom is 0.336 e. The van der Waals surface area contributed by atoms with Gasteiger partial charge in [0.2, 0.25) is 0 Å². The van der Waals surface area contributed by atoms with Gasteiger partial charge in [-0.1, -0.05) is 34.8 Å². The van der Waals surface area contributed by atoms with E-state index in [0.717, 1.165) is 0 Å². The highest BCUT2D eigenvalue weighted by Gasteiger charge is 2.18. The van der Waals surface area contributed by atoms with E-state index < -0.39 is 5.97 Å². The second-order valence-electron chi connectivity index (χ2n) is 3.70. The lowest BCUT2D eigenvalue weighted by molar-refractivity contribution is 0.0697. The van der Waals surface area contributed by atoms with E-state index in [9.17, 15) is 9.90 Å². The number of rotatable bonds is 2. The van der Waals surface area contributed by atoms with E-state index in [-0.39, 0.29) is 27.0 Å². The molecule has 4 nitrogen and oxygen atoms in total. The van der Waals surface area contributed by atoms with Gasteiger partial charge in [-0.05, 0) is 18.2 Å². The molecule has 0 aliphatic carbocycles. The number of hydrogen-bond donors (Lipinski definition) is 2. The number of carbonyl (C=O) groups is 1. The molecule has 0 aliphatic rings. The van der Waals surface area contributed by atoms with Crippen LogP contribution in [0.4, 0.5) is 5.82 Å². The number of nitrogens with zero attached hydrogens (tertiary/aromatic N) is 1. The van der Waals surface area contributed by atoms with E-state index in [1.807, 2.05) is 0 Å². The molecule has 98 valence electrons. The van der Waals surface area contributed by atoms with E-state index in [1.165, 1.54) is 24.4 Å². The van der Waals surface area contributed by atoms with Gasteiger partial charge in [0.1, 0.15) is 5.82 Å². The second-order valence-corrected chi connectivity index (χ2v) is 4.96. The lowest BCUT2D eigenvalue weighted by Crippen LogP contribution is -2.03. The zero-order valence-corrected chi connectivity index (χ0v) is 11.6. The first-order valence-corrected chi connectivity index (χ1v) is 6.17. The molecule has 0 bridgehead atoms. The van der Waals surface area contributed by atoms with E-state index in [0.29, 0.717) is 10.6 Å². The molecule has 1 aromatic heterocycles. The van der Waals surface area contributed by atoms with E-state index in [1.54, 1.807) is 0 Å². The maximum atomic E-state index is 11.2. The summed E-state index contributed by atoms with van der Waals surface area (Å²) >= 11 is 17.9. The van der Waals surface area contributed by atoms with Crippen molar-refractivity contribution in [2.24, 2.45) is 0 Å². The zero-order valence-electron chi connectivity index (χ0n) is 9.32. The van der Waals surface area contributed by atoms with Gasteiger partial charge in [0.25, 0.3) is 0 Å². The first kappa shape index (κ1) is 13.9. The van der Waals surface area contributed by atoms with Crippen LogP contribution in [0, 0.1) is 0 Å². The molecule has 7 heteroatoms. The molecular formula is C12H7Cl3N2O2. The smallest absolute Gasteiger partial charge is 0.336 e. The average Bonchev–Trinajstić information content (AvgIpc) is 2.29. The largest absolute Gasteiger partial charge is 0.478 e. The molecule has 0 amide bonds. The third-order valence-corrected chi connectivity index (χ3v) is 3.25. The molecule has 3 N–H and O–H groups in total. The molecule has 0 unspecified atom stereocenters. The van der Waals surface area contributed by atoms with Crippen molar-refractivity contribution in [2.45, 2.75) is 0 Å². The molecule has 2 aromatic rings. The molecule has 0 saturated heterocycles. The minimum absolute atomic E-state index is 0.0291. The van der Waals surface area contributed by atoms with E-state index in [4.69, 9.17) is 40.5 Å². The summed E-state index contributed by atoms with van der Waals surface area (Å²) in [6.07, 6.45) is 1.32. The molecular weight excluding hydrogens is 311 g/mol. The minimum atomic E-state index is -1.15. The summed E-state index contributed by atoms with van der Waals surface area (Å²) in [4.78, 5) is 15.1. The third kappa shape index (κ3) is 2.76. The molecule has 0 aliphatic heterocycles. The van der Waals surface area contributed by atoms with Crippen molar-refractivity contribution in [1.29, 1.82) is 0 Å². The van der Waals surface area contributed by atoms with Gasteiger partial charge in [-0.25, -0.2) is 9.78 Å². The van der Waals surface area contributed by atoms with Crippen LogP contribution in [0.2, 0.25) is 15.1 Å². The molecule has 0 radical (unpaired) electrons. The van der Waals surface area contributed by atoms with Crippen molar-refractivity contribution < 1.29 is 9.90 Å². The lowest BCUT2D eigenvalue weighted by Gasteiger charge is -2.11. The second kappa shape index (κ2) is 5.25. The van der Waals surface area contributed by atoms with Crippen LogP contribution in [-0.2, 0) is 0 Å². The highest BCUT2D eigenvalue weighted by atomic mass is 35.5. The van der Waals surface area contributed by atoms with Crippen LogP contribution in [0.25, 0.3) is 11.1 Å². The van der Waals surface area contributed by atoms with Gasteiger partial charge in [0.05, 0.1) is 15.6 Å². The van der Waals surface area contributed by atoms with Gasteiger partial charge in [0.15, 0.2) is 0 Å². The van der Waals surface area contributed by atoms with Crippen LogP contribution in [0.1, 0.15) is 10.4 Å². The van der Waals surface area contributed by atoms with Crippen LogP contribution in [0.3, 0.4) is 0 Å². The quantitative estimate of drug-likeness (QED) is 0.878. The highest BCUT2D eigenvalue weighted by Crippen LogP contribution is 2.38. The Kier molecular flexibility index (Phi) is 3.85. The fourth-order valence-electron chi connectivity index (χ4n) is 1.65. The van der Waals surface area contributed by atoms with Crippen LogP contribution < -0.4 is 5.73 Å². The highest BCUT2D eigenvalue weighted by molar-refractivity contribution is 6.42. The number of benzene rings is 1. The Balaban J connectivity index is 2.76. The summed E-state index contributed by atoms with van der Waals surface area (Å²) in [5, 5.41) is 10.0. The molecule has 1 aromatic carbocycles. The molecule has 2 rings (SSSR count). The lowest BCUT2D eigenvalue weighted by atomic mass is 10.0. The topological polar surface area (TPSA) is 76.2 Å². The maximum absolute atomic E-state index is 11.2. The van der Waals surface area contributed by atoms with Crippen molar-refractivity contribution >= 4 is 46.6 Å². The molecule has 0 fully saturated rings. The normalized spacial score (nSPS) is 10.5. The Morgan fingerprint density at radius 2 is 1.74 bits per heavy atom. The van der Waals surface area contributed by atoms with Crippen LogP contribution in [0.5, 0.6) is 0 Å². The van der Waals surface area contributed by atoms with E-state index >= 15 is 0 Å². The van der Waals surface area contributed by atoms with Gasteiger partial charge in [-0.15, -0.1) is 0 Å². The number of anilines is 1. The fraction of sp³-hybridized carbons (Fsp3) is 0. The number of pyridine rings is 1. The Hall–Kier alpha value is -1.49. The summed E-state index contributed by atoms with van der Waals surface area (Å²) in [7, 11) is 0. The Labute approximate surface area is 123 Å². The minimum Gasteiger partial charge on any atom is -0.478 e. The average molecular weight is 318 g/mol. The molecule has 19 heavy (non-hydrogen) atoms. The van der Waals surface area contributed by atoms with Crippen LogP contribution in [0.15, 0.2) is 24.4 Å². The van der Waals surface area contributed by atoms with Crippen molar-refractivity contribution in [3.8, 4) is 11.1 Å². The summed E-state index contributed by atoms with van der Waals surface area (Å²) in [5.74, 6) is -1.05. The van der Waals surface area contributed by atoms with Gasteiger partial charge < -0.3 is 10.8 Å². The van der Waals surface area contributed by atoms with Gasteiger partial charge >= 0.3 is 5.97 Å². The number of halogens is 3. The summed E-state index contributed by atoms with van der Waals surface area (Å²) in [5.41, 5.74) is 6.10. The predicted octanol–water partition coefficient (Wildman–Crippen LogP) is 3.99. The Morgan fingerprint density at radius 3 is 2.26 bits per heavy atom. The van der Waals surface area contributed by atoms with Gasteiger partial charge in [-0.3, -0.25) is 0 Å². The standard InChI is InChI=1S/C12H7Cl3N2O2/c13-5-1-8(14)11(9(15)2-5)7-4-17-10(16)3-6(7)12(18)19/h1-4H,(H2,16,17)(H,18,19). The summed E-state index contributed by atoms with van der Waals surface area (Å²) in [6.45, 7) is 0. The monoisotopic (exact) mass is 316 g/mol. The zero-order chi connectivity index (χ0) is 14.2. The SMILES string of the molecule is Nc1cc(C(=O)O)c(-c2c(Cl)cc(Cl)cc2Cl)cn1.